The lowest BCUT2D eigenvalue weighted by Crippen LogP contribution is -3.28. The highest BCUT2D eigenvalue weighted by atomic mass is 16.5. The first-order chi connectivity index (χ1) is 11.2. The smallest absolute Gasteiger partial charge is 0.203 e. The van der Waals surface area contributed by atoms with E-state index in [1.165, 1.54) is 37.3 Å². The van der Waals surface area contributed by atoms with Gasteiger partial charge in [0.15, 0.2) is 17.5 Å². The van der Waals surface area contributed by atoms with Crippen LogP contribution in [-0.2, 0) is 6.54 Å². The summed E-state index contributed by atoms with van der Waals surface area (Å²) in [4.78, 5) is 3.32. The molecule has 0 spiro atoms. The predicted octanol–water partition coefficient (Wildman–Crippen LogP) is -2.76. The maximum atomic E-state index is 5.69. The molecule has 1 atom stereocenters. The highest BCUT2D eigenvalue weighted by Crippen LogP contribution is 2.43. The van der Waals surface area contributed by atoms with E-state index in [9.17, 15) is 0 Å². The van der Waals surface area contributed by atoms with Crippen molar-refractivity contribution >= 4 is 0 Å². The lowest BCUT2D eigenvalue weighted by atomic mass is 9.93. The van der Waals surface area contributed by atoms with Crippen LogP contribution in [0.2, 0.25) is 0 Å². The van der Waals surface area contributed by atoms with Gasteiger partial charge < -0.3 is 29.3 Å². The summed E-state index contributed by atoms with van der Waals surface area (Å²) in [5, 5.41) is 2.39. The van der Waals surface area contributed by atoms with Crippen LogP contribution in [0.5, 0.6) is 17.2 Å². The van der Waals surface area contributed by atoms with Crippen molar-refractivity contribution in [1.82, 2.24) is 0 Å². The summed E-state index contributed by atoms with van der Waals surface area (Å²) in [6.45, 7) is 6.99. The number of piperazine rings is 1. The minimum Gasteiger partial charge on any atom is -0.493 e. The molecule has 1 saturated heterocycles. The van der Waals surface area contributed by atoms with Crippen LogP contribution >= 0.6 is 0 Å². The van der Waals surface area contributed by atoms with Crippen molar-refractivity contribution in [3.8, 4) is 17.2 Å². The number of quaternary nitrogens is 3. The molecule has 2 heterocycles. The molecule has 0 saturated carbocycles. The number of hydrogen-bond donors (Lipinski definition) is 3. The Morgan fingerprint density at radius 1 is 1.00 bits per heavy atom. The average Bonchev–Trinajstić information content (AvgIpc) is 2.60. The highest BCUT2D eigenvalue weighted by molar-refractivity contribution is 5.59. The first kappa shape index (κ1) is 16.4. The number of nitrogens with two attached hydrogens (primary N) is 1. The van der Waals surface area contributed by atoms with E-state index in [0.717, 1.165) is 24.6 Å². The molecule has 128 valence electrons. The van der Waals surface area contributed by atoms with Crippen LogP contribution in [0.3, 0.4) is 0 Å². The molecule has 0 radical (unpaired) electrons. The zero-order chi connectivity index (χ0) is 16.4. The molecule has 4 N–H and O–H groups in total. The standard InChI is InChI=1S/C17H27N3O3/c1-19-5-7-20(8-6-19)14-11-18-10-13-12(14)9-15(21-2)17(23-4)16(13)22-3/h9,14,18H,5-8,10-11H2,1-4H3/p+3/t14-/m0/s1. The Labute approximate surface area is 138 Å². The zero-order valence-electron chi connectivity index (χ0n) is 14.7. The van der Waals surface area contributed by atoms with Crippen molar-refractivity contribution in [1.29, 1.82) is 0 Å². The summed E-state index contributed by atoms with van der Waals surface area (Å²) in [6.07, 6.45) is 0. The van der Waals surface area contributed by atoms with Crippen LogP contribution < -0.4 is 29.3 Å². The van der Waals surface area contributed by atoms with Crippen LogP contribution in [-0.4, -0.2) is 61.1 Å². The summed E-state index contributed by atoms with van der Waals surface area (Å²) in [5.74, 6) is 2.32. The average molecular weight is 324 g/mol. The predicted molar refractivity (Wildman–Crippen MR) is 86.7 cm³/mol. The van der Waals surface area contributed by atoms with Gasteiger partial charge in [0, 0.05) is 5.56 Å². The molecule has 0 unspecified atom stereocenters. The monoisotopic (exact) mass is 324 g/mol. The van der Waals surface area contributed by atoms with E-state index >= 15 is 0 Å². The summed E-state index contributed by atoms with van der Waals surface area (Å²) < 4.78 is 16.8. The third-order valence-electron chi connectivity index (χ3n) is 5.33. The molecule has 23 heavy (non-hydrogen) atoms. The number of hydrogen-bond acceptors (Lipinski definition) is 3. The number of fused-ring (bicyclic) bond motifs is 1. The SMILES string of the molecule is COc1cc2c(c(OC)c1OC)C[NH2+]C[C@@H]2[NH+]1CC[NH+](C)CC1. The van der Waals surface area contributed by atoms with Gasteiger partial charge in [0.25, 0.3) is 0 Å². The maximum Gasteiger partial charge on any atom is 0.203 e. The number of benzene rings is 1. The van der Waals surface area contributed by atoms with Gasteiger partial charge in [-0.3, -0.25) is 0 Å². The lowest BCUT2D eigenvalue weighted by Gasteiger charge is -2.35. The molecule has 0 bridgehead atoms. The summed E-state index contributed by atoms with van der Waals surface area (Å²) in [5.41, 5.74) is 2.64. The van der Waals surface area contributed by atoms with E-state index in [-0.39, 0.29) is 0 Å². The van der Waals surface area contributed by atoms with Gasteiger partial charge in [-0.25, -0.2) is 0 Å². The Kier molecular flexibility index (Phi) is 4.94. The minimum atomic E-state index is 0.501. The molecule has 1 aromatic carbocycles. The lowest BCUT2D eigenvalue weighted by molar-refractivity contribution is -1.03. The third-order valence-corrected chi connectivity index (χ3v) is 5.33. The molecule has 0 aliphatic carbocycles. The number of ether oxygens (including phenoxy) is 3. The molecule has 1 fully saturated rings. The Morgan fingerprint density at radius 2 is 1.70 bits per heavy atom. The van der Waals surface area contributed by atoms with Crippen molar-refractivity contribution in [2.45, 2.75) is 12.6 Å². The topological polar surface area (TPSA) is 53.2 Å². The van der Waals surface area contributed by atoms with Crippen molar-refractivity contribution in [3.63, 3.8) is 0 Å². The Hall–Kier alpha value is -1.50. The van der Waals surface area contributed by atoms with Gasteiger partial charge in [-0.15, -0.1) is 0 Å². The molecule has 2 aliphatic heterocycles. The largest absolute Gasteiger partial charge is 0.493 e. The van der Waals surface area contributed by atoms with Gasteiger partial charge in [0.1, 0.15) is 39.3 Å². The van der Waals surface area contributed by atoms with Crippen molar-refractivity contribution < 1.29 is 29.3 Å². The van der Waals surface area contributed by atoms with Crippen molar-refractivity contribution in [3.05, 3.63) is 17.2 Å². The number of nitrogens with one attached hydrogen (secondary N) is 2. The third kappa shape index (κ3) is 2.98. The highest BCUT2D eigenvalue weighted by Gasteiger charge is 2.37. The quantitative estimate of drug-likeness (QED) is 0.563. The normalized spacial score (nSPS) is 27.2. The van der Waals surface area contributed by atoms with E-state index in [1.54, 1.807) is 31.1 Å². The minimum absolute atomic E-state index is 0.501. The Morgan fingerprint density at radius 3 is 2.30 bits per heavy atom. The molecule has 3 rings (SSSR count). The van der Waals surface area contributed by atoms with Gasteiger partial charge in [-0.05, 0) is 6.07 Å². The van der Waals surface area contributed by atoms with E-state index in [2.05, 4.69) is 18.4 Å². The van der Waals surface area contributed by atoms with Crippen LogP contribution in [0.15, 0.2) is 6.07 Å². The zero-order valence-corrected chi connectivity index (χ0v) is 14.7. The molecule has 1 aromatic rings. The van der Waals surface area contributed by atoms with Crippen molar-refractivity contribution in [2.75, 3.05) is 61.1 Å². The molecular weight excluding hydrogens is 294 g/mol. The van der Waals surface area contributed by atoms with Crippen LogP contribution in [0.25, 0.3) is 0 Å². The van der Waals surface area contributed by atoms with Crippen molar-refractivity contribution in [2.24, 2.45) is 0 Å². The fraction of sp³-hybridized carbons (Fsp3) is 0.647. The Bertz CT molecular complexity index is 557. The van der Waals surface area contributed by atoms with Gasteiger partial charge in [-0.2, -0.15) is 0 Å². The van der Waals surface area contributed by atoms with E-state index in [4.69, 9.17) is 14.2 Å². The van der Waals surface area contributed by atoms with Crippen LogP contribution in [0.1, 0.15) is 17.2 Å². The summed E-state index contributed by atoms with van der Waals surface area (Å²) in [6, 6.07) is 2.67. The van der Waals surface area contributed by atoms with Gasteiger partial charge in [-0.1, -0.05) is 0 Å². The summed E-state index contributed by atoms with van der Waals surface area (Å²) in [7, 11) is 7.37. The maximum absolute atomic E-state index is 5.69. The second-order valence-corrected chi connectivity index (χ2v) is 6.61. The second kappa shape index (κ2) is 6.95. The molecular formula is C17H30N3O3+3. The molecule has 2 aliphatic rings. The van der Waals surface area contributed by atoms with E-state index in [0.29, 0.717) is 11.8 Å². The number of rotatable bonds is 4. The second-order valence-electron chi connectivity index (χ2n) is 6.61. The summed E-state index contributed by atoms with van der Waals surface area (Å²) >= 11 is 0. The first-order valence-corrected chi connectivity index (χ1v) is 8.48. The number of methoxy groups -OCH3 is 3. The molecule has 6 heteroatoms. The Balaban J connectivity index is 2.00. The van der Waals surface area contributed by atoms with Crippen LogP contribution in [0, 0.1) is 0 Å². The van der Waals surface area contributed by atoms with Gasteiger partial charge in [0.2, 0.25) is 5.75 Å². The molecule has 0 aromatic heterocycles. The molecule has 0 amide bonds. The van der Waals surface area contributed by atoms with Crippen LogP contribution in [0.4, 0.5) is 0 Å². The van der Waals surface area contributed by atoms with Gasteiger partial charge in [0.05, 0.1) is 33.9 Å². The van der Waals surface area contributed by atoms with E-state index in [1.807, 2.05) is 0 Å². The molecule has 6 nitrogen and oxygen atoms in total. The first-order valence-electron chi connectivity index (χ1n) is 8.48. The van der Waals surface area contributed by atoms with Gasteiger partial charge >= 0.3 is 0 Å². The van der Waals surface area contributed by atoms with E-state index < -0.39 is 0 Å². The number of likely N-dealkylation sites (N-methyl/N-ethyl adjacent to an activating group) is 1. The fourth-order valence-electron chi connectivity index (χ4n) is 4.01. The fourth-order valence-corrected chi connectivity index (χ4v) is 4.01.